The minimum absolute atomic E-state index is 0.0174. The van der Waals surface area contributed by atoms with Gasteiger partial charge in [-0.05, 0) is 38.3 Å². The van der Waals surface area contributed by atoms with E-state index < -0.39 is 10.0 Å². The van der Waals surface area contributed by atoms with Crippen LogP contribution in [0.2, 0.25) is 0 Å². The molecular formula is C15H22N2O3S. The molecule has 1 fully saturated rings. The van der Waals surface area contributed by atoms with Gasteiger partial charge in [-0.1, -0.05) is 17.7 Å². The lowest BCUT2D eigenvalue weighted by Crippen LogP contribution is -2.49. The number of benzene rings is 1. The van der Waals surface area contributed by atoms with E-state index in [4.69, 9.17) is 0 Å². The molecule has 0 aromatic heterocycles. The number of likely N-dealkylation sites (tertiary alicyclic amines) is 1. The van der Waals surface area contributed by atoms with Crippen molar-refractivity contribution in [3.63, 3.8) is 0 Å². The Morgan fingerprint density at radius 2 is 2.05 bits per heavy atom. The van der Waals surface area contributed by atoms with E-state index in [1.165, 1.54) is 0 Å². The molecule has 6 heteroatoms. The van der Waals surface area contributed by atoms with Crippen molar-refractivity contribution >= 4 is 15.9 Å². The molecule has 0 unspecified atom stereocenters. The zero-order valence-corrected chi connectivity index (χ0v) is 13.5. The highest BCUT2D eigenvalue weighted by molar-refractivity contribution is 7.88. The van der Waals surface area contributed by atoms with Gasteiger partial charge in [0.2, 0.25) is 10.0 Å². The van der Waals surface area contributed by atoms with Crippen molar-refractivity contribution in [2.75, 3.05) is 19.3 Å². The molecule has 1 N–H and O–H groups in total. The van der Waals surface area contributed by atoms with Gasteiger partial charge in [-0.25, -0.2) is 13.1 Å². The van der Waals surface area contributed by atoms with Crippen LogP contribution in [0.4, 0.5) is 0 Å². The predicted octanol–water partition coefficient (Wildman–Crippen LogP) is 1.46. The topological polar surface area (TPSA) is 66.5 Å². The third-order valence-electron chi connectivity index (χ3n) is 3.71. The summed E-state index contributed by atoms with van der Waals surface area (Å²) in [5, 5.41) is 0. The molecule has 1 atom stereocenters. The summed E-state index contributed by atoms with van der Waals surface area (Å²) in [6.07, 6.45) is 2.73. The van der Waals surface area contributed by atoms with Gasteiger partial charge in [0.05, 0.1) is 6.26 Å². The molecule has 0 radical (unpaired) electrons. The Balaban J connectivity index is 2.14. The number of rotatable bonds is 3. The van der Waals surface area contributed by atoms with E-state index >= 15 is 0 Å². The van der Waals surface area contributed by atoms with Gasteiger partial charge in [-0.2, -0.15) is 0 Å². The number of amides is 1. The Bertz CT molecular complexity index is 640. The number of aryl methyl sites for hydroxylation is 2. The van der Waals surface area contributed by atoms with E-state index in [0.29, 0.717) is 18.7 Å². The van der Waals surface area contributed by atoms with Crippen LogP contribution in [0.25, 0.3) is 0 Å². The summed E-state index contributed by atoms with van der Waals surface area (Å²) in [6, 6.07) is 5.63. The molecule has 1 saturated heterocycles. The van der Waals surface area contributed by atoms with Crippen molar-refractivity contribution in [3.05, 3.63) is 34.9 Å². The minimum atomic E-state index is -3.24. The molecule has 1 amide bonds. The van der Waals surface area contributed by atoms with E-state index in [-0.39, 0.29) is 11.9 Å². The molecule has 1 aliphatic rings. The van der Waals surface area contributed by atoms with Crippen molar-refractivity contribution in [2.24, 2.45) is 0 Å². The lowest BCUT2D eigenvalue weighted by atomic mass is 10.0. The lowest BCUT2D eigenvalue weighted by Gasteiger charge is -2.33. The molecular weight excluding hydrogens is 288 g/mol. The third-order valence-corrected chi connectivity index (χ3v) is 4.47. The molecule has 0 saturated carbocycles. The molecule has 1 heterocycles. The number of sulfonamides is 1. The number of nitrogens with zero attached hydrogens (tertiary/aromatic N) is 1. The third kappa shape index (κ3) is 4.28. The molecule has 1 aromatic rings. The predicted molar refractivity (Wildman–Crippen MR) is 82.8 cm³/mol. The Hall–Kier alpha value is -1.40. The number of carbonyl (C=O) groups is 1. The lowest BCUT2D eigenvalue weighted by molar-refractivity contribution is 0.0702. The monoisotopic (exact) mass is 310 g/mol. The van der Waals surface area contributed by atoms with Crippen LogP contribution in [-0.2, 0) is 10.0 Å². The maximum absolute atomic E-state index is 12.6. The highest BCUT2D eigenvalue weighted by Crippen LogP contribution is 2.17. The van der Waals surface area contributed by atoms with Crippen LogP contribution in [0.3, 0.4) is 0 Å². The van der Waals surface area contributed by atoms with Crippen LogP contribution in [0.1, 0.15) is 34.3 Å². The van der Waals surface area contributed by atoms with Gasteiger partial charge in [-0.15, -0.1) is 0 Å². The second-order valence-electron chi connectivity index (χ2n) is 5.80. The molecule has 1 aromatic carbocycles. The van der Waals surface area contributed by atoms with Crippen LogP contribution in [-0.4, -0.2) is 44.6 Å². The normalized spacial score (nSPS) is 19.6. The highest BCUT2D eigenvalue weighted by atomic mass is 32.2. The molecule has 1 aliphatic heterocycles. The van der Waals surface area contributed by atoms with Gasteiger partial charge in [0.25, 0.3) is 5.91 Å². The minimum Gasteiger partial charge on any atom is -0.337 e. The van der Waals surface area contributed by atoms with Gasteiger partial charge in [-0.3, -0.25) is 4.79 Å². The quantitative estimate of drug-likeness (QED) is 0.919. The van der Waals surface area contributed by atoms with Crippen molar-refractivity contribution < 1.29 is 13.2 Å². The molecule has 21 heavy (non-hydrogen) atoms. The van der Waals surface area contributed by atoms with Crippen LogP contribution in [0.5, 0.6) is 0 Å². The fraction of sp³-hybridized carbons (Fsp3) is 0.533. The average Bonchev–Trinajstić information content (AvgIpc) is 2.39. The van der Waals surface area contributed by atoms with E-state index in [1.54, 1.807) is 4.90 Å². The number of nitrogens with one attached hydrogen (secondary N) is 1. The number of hydrogen-bond donors (Lipinski definition) is 1. The Morgan fingerprint density at radius 3 is 2.71 bits per heavy atom. The molecule has 0 bridgehead atoms. The summed E-state index contributed by atoms with van der Waals surface area (Å²) in [5.41, 5.74) is 2.70. The summed E-state index contributed by atoms with van der Waals surface area (Å²) in [7, 11) is -3.24. The molecule has 0 spiro atoms. The zero-order chi connectivity index (χ0) is 15.6. The summed E-state index contributed by atoms with van der Waals surface area (Å²) in [4.78, 5) is 14.4. The van der Waals surface area contributed by atoms with E-state index in [2.05, 4.69) is 4.72 Å². The van der Waals surface area contributed by atoms with Gasteiger partial charge in [0.1, 0.15) is 0 Å². The largest absolute Gasteiger partial charge is 0.337 e. The van der Waals surface area contributed by atoms with Crippen LogP contribution < -0.4 is 4.72 Å². The fourth-order valence-electron chi connectivity index (χ4n) is 2.70. The average molecular weight is 310 g/mol. The summed E-state index contributed by atoms with van der Waals surface area (Å²) in [6.45, 7) is 4.98. The van der Waals surface area contributed by atoms with Gasteiger partial charge in [0, 0.05) is 24.7 Å². The number of hydrogen-bond acceptors (Lipinski definition) is 3. The first kappa shape index (κ1) is 16.0. The maximum atomic E-state index is 12.6. The molecule has 0 aliphatic carbocycles. The Kier molecular flexibility index (Phi) is 4.68. The summed E-state index contributed by atoms with van der Waals surface area (Å²) in [5.74, 6) is -0.0174. The van der Waals surface area contributed by atoms with Gasteiger partial charge < -0.3 is 4.90 Å². The van der Waals surface area contributed by atoms with E-state index in [9.17, 15) is 13.2 Å². The van der Waals surface area contributed by atoms with Gasteiger partial charge in [0.15, 0.2) is 0 Å². The van der Waals surface area contributed by atoms with Crippen molar-refractivity contribution in [1.29, 1.82) is 0 Å². The molecule has 116 valence electrons. The Morgan fingerprint density at radius 1 is 1.33 bits per heavy atom. The van der Waals surface area contributed by atoms with E-state index in [1.807, 2.05) is 32.0 Å². The Labute approximate surface area is 126 Å². The molecule has 5 nitrogen and oxygen atoms in total. The smallest absolute Gasteiger partial charge is 0.254 e. The summed E-state index contributed by atoms with van der Waals surface area (Å²) < 4.78 is 25.3. The van der Waals surface area contributed by atoms with Crippen molar-refractivity contribution in [2.45, 2.75) is 32.7 Å². The second kappa shape index (κ2) is 6.15. The number of carbonyl (C=O) groups excluding carboxylic acids is 1. The van der Waals surface area contributed by atoms with Crippen LogP contribution >= 0.6 is 0 Å². The second-order valence-corrected chi connectivity index (χ2v) is 7.58. The fourth-order valence-corrected chi connectivity index (χ4v) is 3.50. The van der Waals surface area contributed by atoms with E-state index in [0.717, 1.165) is 30.2 Å². The van der Waals surface area contributed by atoms with Crippen molar-refractivity contribution in [3.8, 4) is 0 Å². The standard InChI is InChI=1S/C15H22N2O3S/c1-11-6-7-12(2)14(9-11)15(18)17-8-4-5-13(10-17)16-21(3,19)20/h6-7,9,13,16H,4-5,8,10H2,1-3H3/t13-/m1/s1. The number of piperidine rings is 1. The zero-order valence-electron chi connectivity index (χ0n) is 12.7. The SMILES string of the molecule is Cc1ccc(C)c(C(=O)N2CCC[C@@H](NS(C)(=O)=O)C2)c1. The highest BCUT2D eigenvalue weighted by Gasteiger charge is 2.26. The van der Waals surface area contributed by atoms with Crippen molar-refractivity contribution in [1.82, 2.24) is 9.62 Å². The first-order valence-corrected chi connectivity index (χ1v) is 8.99. The maximum Gasteiger partial charge on any atom is 0.254 e. The van der Waals surface area contributed by atoms with Gasteiger partial charge >= 0.3 is 0 Å². The molecule has 2 rings (SSSR count). The van der Waals surface area contributed by atoms with Crippen LogP contribution in [0.15, 0.2) is 18.2 Å². The first-order chi connectivity index (χ1) is 9.76. The van der Waals surface area contributed by atoms with Crippen LogP contribution in [0, 0.1) is 13.8 Å². The first-order valence-electron chi connectivity index (χ1n) is 7.10. The summed E-state index contributed by atoms with van der Waals surface area (Å²) >= 11 is 0.